The van der Waals surface area contributed by atoms with E-state index in [1.54, 1.807) is 0 Å². The number of hydrogen-bond donors (Lipinski definition) is 1. The van der Waals surface area contributed by atoms with Crippen LogP contribution in [0.2, 0.25) is 0 Å². The molecule has 2 saturated carbocycles. The molecule has 0 aromatic rings. The summed E-state index contributed by atoms with van der Waals surface area (Å²) in [4.78, 5) is 0. The molecule has 1 N–H and O–H groups in total. The van der Waals surface area contributed by atoms with Crippen LogP contribution in [0.15, 0.2) is 0 Å². The Kier molecular flexibility index (Phi) is 4.39. The van der Waals surface area contributed by atoms with Crippen LogP contribution in [-0.4, -0.2) is 24.6 Å². The third kappa shape index (κ3) is 3.13. The monoisotopic (exact) mass is 227 g/mol. The van der Waals surface area contributed by atoms with Crippen LogP contribution in [0.4, 0.5) is 0 Å². The predicted octanol–water partition coefficient (Wildman–Crippen LogP) is 3.44. The predicted molar refractivity (Wildman–Crippen MR) is 69.5 cm³/mol. The van der Waals surface area contributed by atoms with Crippen LogP contribution in [0.5, 0.6) is 0 Å². The van der Waals surface area contributed by atoms with Crippen LogP contribution in [0.3, 0.4) is 0 Å². The molecule has 2 aliphatic carbocycles. The van der Waals surface area contributed by atoms with Crippen molar-refractivity contribution in [3.63, 3.8) is 0 Å². The summed E-state index contributed by atoms with van der Waals surface area (Å²) < 4.78 is 0. The van der Waals surface area contributed by atoms with Gasteiger partial charge < -0.3 is 5.32 Å². The Balaban J connectivity index is 1.67. The lowest BCUT2D eigenvalue weighted by molar-refractivity contribution is 0.170. The van der Waals surface area contributed by atoms with Crippen molar-refractivity contribution in [1.29, 1.82) is 0 Å². The molecule has 0 radical (unpaired) electrons. The minimum atomic E-state index is 0.803. The molecule has 1 nitrogen and oxygen atoms in total. The van der Waals surface area contributed by atoms with Gasteiger partial charge in [-0.15, -0.1) is 0 Å². The first-order valence-electron chi connectivity index (χ1n) is 6.57. The van der Waals surface area contributed by atoms with Gasteiger partial charge in [-0.05, 0) is 50.2 Å². The van der Waals surface area contributed by atoms with Crippen molar-refractivity contribution in [2.75, 3.05) is 18.6 Å². The van der Waals surface area contributed by atoms with Gasteiger partial charge in [0.25, 0.3) is 0 Å². The highest BCUT2D eigenvalue weighted by Gasteiger charge is 2.37. The molecule has 0 unspecified atom stereocenters. The first kappa shape index (κ1) is 11.8. The summed E-state index contributed by atoms with van der Waals surface area (Å²) in [5, 5.41) is 3.71. The van der Waals surface area contributed by atoms with Crippen LogP contribution < -0.4 is 5.32 Å². The molecule has 88 valence electrons. The molecule has 2 fully saturated rings. The molecule has 0 atom stereocenters. The standard InChI is InChI=1S/C13H25NS/c1-15-11-10-14-12-4-8-13(9-5-12)6-2-3-7-13/h12,14H,2-11H2,1H3. The average Bonchev–Trinajstić information content (AvgIpc) is 2.71. The van der Waals surface area contributed by atoms with Gasteiger partial charge in [-0.1, -0.05) is 12.8 Å². The van der Waals surface area contributed by atoms with Crippen LogP contribution in [0, 0.1) is 5.41 Å². The second-order valence-corrected chi connectivity index (χ2v) is 6.41. The molecule has 0 aliphatic heterocycles. The summed E-state index contributed by atoms with van der Waals surface area (Å²) in [6, 6.07) is 0.836. The van der Waals surface area contributed by atoms with Gasteiger partial charge in [-0.25, -0.2) is 0 Å². The van der Waals surface area contributed by atoms with Crippen molar-refractivity contribution in [2.24, 2.45) is 5.41 Å². The fourth-order valence-electron chi connectivity index (χ4n) is 3.42. The third-order valence-corrected chi connectivity index (χ3v) is 5.06. The van der Waals surface area contributed by atoms with E-state index in [1.165, 1.54) is 63.7 Å². The van der Waals surface area contributed by atoms with E-state index in [1.807, 2.05) is 11.8 Å². The average molecular weight is 227 g/mol. The van der Waals surface area contributed by atoms with Crippen molar-refractivity contribution < 1.29 is 0 Å². The molecule has 2 heteroatoms. The molecular formula is C13H25NS. The van der Waals surface area contributed by atoms with Crippen LogP contribution in [0.25, 0.3) is 0 Å². The van der Waals surface area contributed by atoms with Gasteiger partial charge in [0, 0.05) is 18.3 Å². The van der Waals surface area contributed by atoms with E-state index in [4.69, 9.17) is 0 Å². The zero-order chi connectivity index (χ0) is 10.6. The van der Waals surface area contributed by atoms with E-state index in [0.717, 1.165) is 11.5 Å². The Bertz CT molecular complexity index is 177. The highest BCUT2D eigenvalue weighted by molar-refractivity contribution is 7.98. The van der Waals surface area contributed by atoms with Crippen molar-refractivity contribution in [3.8, 4) is 0 Å². The molecular weight excluding hydrogens is 202 g/mol. The van der Waals surface area contributed by atoms with Gasteiger partial charge in [0.2, 0.25) is 0 Å². The maximum atomic E-state index is 3.71. The first-order chi connectivity index (χ1) is 7.35. The molecule has 0 aromatic heterocycles. The van der Waals surface area contributed by atoms with E-state index < -0.39 is 0 Å². The first-order valence-corrected chi connectivity index (χ1v) is 7.96. The highest BCUT2D eigenvalue weighted by atomic mass is 32.2. The van der Waals surface area contributed by atoms with E-state index in [9.17, 15) is 0 Å². The Morgan fingerprint density at radius 2 is 1.80 bits per heavy atom. The minimum Gasteiger partial charge on any atom is -0.313 e. The van der Waals surface area contributed by atoms with Gasteiger partial charge >= 0.3 is 0 Å². The molecule has 15 heavy (non-hydrogen) atoms. The molecule has 0 bridgehead atoms. The molecule has 0 amide bonds. The molecule has 0 saturated heterocycles. The van der Waals surface area contributed by atoms with Crippen molar-refractivity contribution >= 4 is 11.8 Å². The fraction of sp³-hybridized carbons (Fsp3) is 1.00. The van der Waals surface area contributed by atoms with Crippen molar-refractivity contribution in [3.05, 3.63) is 0 Å². The van der Waals surface area contributed by atoms with Crippen LogP contribution in [0.1, 0.15) is 51.4 Å². The summed E-state index contributed by atoms with van der Waals surface area (Å²) >= 11 is 1.95. The number of hydrogen-bond acceptors (Lipinski definition) is 2. The second kappa shape index (κ2) is 5.58. The topological polar surface area (TPSA) is 12.0 Å². The van der Waals surface area contributed by atoms with Gasteiger partial charge in [0.15, 0.2) is 0 Å². The number of thioether (sulfide) groups is 1. The lowest BCUT2D eigenvalue weighted by Gasteiger charge is -2.37. The molecule has 2 aliphatic rings. The molecule has 0 aromatic carbocycles. The Morgan fingerprint density at radius 1 is 1.13 bits per heavy atom. The van der Waals surface area contributed by atoms with E-state index in [2.05, 4.69) is 11.6 Å². The quantitative estimate of drug-likeness (QED) is 0.738. The Hall–Kier alpha value is 0.310. The summed E-state index contributed by atoms with van der Waals surface area (Å²) in [6.07, 6.45) is 14.1. The zero-order valence-corrected chi connectivity index (χ0v) is 10.9. The van der Waals surface area contributed by atoms with Crippen molar-refractivity contribution in [2.45, 2.75) is 57.4 Å². The van der Waals surface area contributed by atoms with Gasteiger partial charge in [-0.3, -0.25) is 0 Å². The largest absolute Gasteiger partial charge is 0.313 e. The zero-order valence-electron chi connectivity index (χ0n) is 10.1. The van der Waals surface area contributed by atoms with Gasteiger partial charge in [0.05, 0.1) is 0 Å². The van der Waals surface area contributed by atoms with Crippen LogP contribution >= 0.6 is 11.8 Å². The Morgan fingerprint density at radius 3 is 2.40 bits per heavy atom. The molecule has 2 rings (SSSR count). The SMILES string of the molecule is CSCCNC1CCC2(CCCC2)CC1. The normalized spacial score (nSPS) is 26.2. The van der Waals surface area contributed by atoms with E-state index in [-0.39, 0.29) is 0 Å². The third-order valence-electron chi connectivity index (χ3n) is 4.45. The fourth-order valence-corrected chi connectivity index (χ4v) is 3.75. The second-order valence-electron chi connectivity index (χ2n) is 5.43. The summed E-state index contributed by atoms with van der Waals surface area (Å²) in [5.41, 5.74) is 0.803. The van der Waals surface area contributed by atoms with Crippen LogP contribution in [-0.2, 0) is 0 Å². The minimum absolute atomic E-state index is 0.803. The number of nitrogens with one attached hydrogen (secondary N) is 1. The maximum Gasteiger partial charge on any atom is 0.00678 e. The smallest absolute Gasteiger partial charge is 0.00678 e. The lowest BCUT2D eigenvalue weighted by Crippen LogP contribution is -2.37. The molecule has 0 heterocycles. The maximum absolute atomic E-state index is 3.71. The summed E-state index contributed by atoms with van der Waals surface area (Å²) in [5.74, 6) is 1.27. The summed E-state index contributed by atoms with van der Waals surface area (Å²) in [7, 11) is 0. The van der Waals surface area contributed by atoms with Gasteiger partial charge in [-0.2, -0.15) is 11.8 Å². The highest BCUT2D eigenvalue weighted by Crippen LogP contribution is 2.48. The molecule has 1 spiro atoms. The summed E-state index contributed by atoms with van der Waals surface area (Å²) in [6.45, 7) is 1.21. The van der Waals surface area contributed by atoms with E-state index in [0.29, 0.717) is 0 Å². The van der Waals surface area contributed by atoms with Crippen molar-refractivity contribution in [1.82, 2.24) is 5.32 Å². The Labute approximate surface area is 98.8 Å². The van der Waals surface area contributed by atoms with Gasteiger partial charge in [0.1, 0.15) is 0 Å². The number of rotatable bonds is 4. The van der Waals surface area contributed by atoms with E-state index >= 15 is 0 Å². The lowest BCUT2D eigenvalue weighted by atomic mass is 9.71.